The van der Waals surface area contributed by atoms with Gasteiger partial charge in [-0.3, -0.25) is 9.78 Å². The Morgan fingerprint density at radius 2 is 1.78 bits per heavy atom. The van der Waals surface area contributed by atoms with Crippen LogP contribution in [0.2, 0.25) is 0 Å². The van der Waals surface area contributed by atoms with Gasteiger partial charge in [0.25, 0.3) is 5.56 Å². The van der Waals surface area contributed by atoms with E-state index in [1.54, 1.807) is 36.9 Å². The molecule has 0 aromatic carbocycles. The molecular formula is C10H7BrN6O. The van der Waals surface area contributed by atoms with Crippen molar-refractivity contribution in [1.82, 2.24) is 29.5 Å². The fourth-order valence-electron chi connectivity index (χ4n) is 1.48. The van der Waals surface area contributed by atoms with Crippen molar-refractivity contribution in [2.24, 2.45) is 0 Å². The largest absolute Gasteiger partial charge is 0.290 e. The molecule has 0 radical (unpaired) electrons. The number of nitrogens with zero attached hydrogens (tertiary/aromatic N) is 5. The highest BCUT2D eigenvalue weighted by Gasteiger charge is 2.12. The number of H-pyrrole nitrogens is 1. The van der Waals surface area contributed by atoms with E-state index in [9.17, 15) is 4.79 Å². The van der Waals surface area contributed by atoms with Gasteiger partial charge in [-0.1, -0.05) is 0 Å². The van der Waals surface area contributed by atoms with Crippen LogP contribution >= 0.6 is 15.9 Å². The molecule has 18 heavy (non-hydrogen) atoms. The number of nitrogens with one attached hydrogen (secondary N) is 1. The molecule has 0 fully saturated rings. The zero-order valence-electron chi connectivity index (χ0n) is 8.99. The number of hydrogen-bond donors (Lipinski definition) is 1. The minimum atomic E-state index is -0.291. The van der Waals surface area contributed by atoms with E-state index in [-0.39, 0.29) is 5.56 Å². The predicted molar refractivity (Wildman–Crippen MR) is 66.8 cm³/mol. The standard InChI is InChI=1S/C10H7BrN6O/c11-7-8(16-5-1-3-12-16)14-10(15-9(7)18)17-6-2-4-13-17/h1-6H,(H,14,15,18). The number of rotatable bonds is 2. The van der Waals surface area contributed by atoms with E-state index >= 15 is 0 Å². The van der Waals surface area contributed by atoms with Crippen LogP contribution in [-0.2, 0) is 0 Å². The van der Waals surface area contributed by atoms with Gasteiger partial charge in [-0.05, 0) is 28.1 Å². The van der Waals surface area contributed by atoms with E-state index in [1.807, 2.05) is 0 Å². The first kappa shape index (κ1) is 10.9. The van der Waals surface area contributed by atoms with Crippen molar-refractivity contribution in [2.45, 2.75) is 0 Å². The van der Waals surface area contributed by atoms with Gasteiger partial charge in [0.15, 0.2) is 5.82 Å². The second-order valence-electron chi connectivity index (χ2n) is 3.43. The molecule has 8 heteroatoms. The van der Waals surface area contributed by atoms with Crippen LogP contribution < -0.4 is 5.56 Å². The third kappa shape index (κ3) is 1.76. The molecular weight excluding hydrogens is 300 g/mol. The Morgan fingerprint density at radius 1 is 1.11 bits per heavy atom. The Morgan fingerprint density at radius 3 is 2.39 bits per heavy atom. The normalized spacial score (nSPS) is 10.7. The van der Waals surface area contributed by atoms with Gasteiger partial charge >= 0.3 is 0 Å². The van der Waals surface area contributed by atoms with Gasteiger partial charge in [-0.15, -0.1) is 0 Å². The second-order valence-corrected chi connectivity index (χ2v) is 4.22. The molecule has 0 amide bonds. The van der Waals surface area contributed by atoms with Crippen molar-refractivity contribution in [3.05, 3.63) is 51.7 Å². The minimum Gasteiger partial charge on any atom is -0.290 e. The van der Waals surface area contributed by atoms with E-state index in [2.05, 4.69) is 36.1 Å². The monoisotopic (exact) mass is 306 g/mol. The molecule has 0 aliphatic carbocycles. The molecule has 3 aromatic heterocycles. The average molecular weight is 307 g/mol. The lowest BCUT2D eigenvalue weighted by atomic mass is 10.5. The van der Waals surface area contributed by atoms with Crippen LogP contribution in [0.5, 0.6) is 0 Å². The van der Waals surface area contributed by atoms with Gasteiger partial charge in [0, 0.05) is 24.8 Å². The molecule has 0 aliphatic heterocycles. The highest BCUT2D eigenvalue weighted by atomic mass is 79.9. The molecule has 0 spiro atoms. The van der Waals surface area contributed by atoms with Crippen LogP contribution in [0.25, 0.3) is 11.8 Å². The molecule has 0 saturated carbocycles. The Labute approximate surface area is 109 Å². The third-order valence-corrected chi connectivity index (χ3v) is 2.99. The maximum Gasteiger partial charge on any atom is 0.268 e. The zero-order chi connectivity index (χ0) is 12.5. The van der Waals surface area contributed by atoms with E-state index in [4.69, 9.17) is 0 Å². The highest BCUT2D eigenvalue weighted by Crippen LogP contribution is 2.13. The summed E-state index contributed by atoms with van der Waals surface area (Å²) in [7, 11) is 0. The first-order chi connectivity index (χ1) is 8.75. The summed E-state index contributed by atoms with van der Waals surface area (Å²) in [6.45, 7) is 0. The van der Waals surface area contributed by atoms with Gasteiger partial charge in [0.05, 0.1) is 0 Å². The zero-order valence-corrected chi connectivity index (χ0v) is 10.6. The Kier molecular flexibility index (Phi) is 2.56. The molecule has 90 valence electrons. The quantitative estimate of drug-likeness (QED) is 0.763. The number of halogens is 1. The number of aromatic nitrogens is 6. The second kappa shape index (κ2) is 4.22. The number of aromatic amines is 1. The van der Waals surface area contributed by atoms with Crippen molar-refractivity contribution >= 4 is 15.9 Å². The van der Waals surface area contributed by atoms with Gasteiger partial charge < -0.3 is 0 Å². The lowest BCUT2D eigenvalue weighted by Crippen LogP contribution is -2.18. The molecule has 0 bridgehead atoms. The molecule has 0 atom stereocenters. The summed E-state index contributed by atoms with van der Waals surface area (Å²) in [5.74, 6) is 0.743. The van der Waals surface area contributed by atoms with Gasteiger partial charge in [0.1, 0.15) is 4.47 Å². The fraction of sp³-hybridized carbons (Fsp3) is 0. The average Bonchev–Trinajstić information content (AvgIpc) is 3.03. The SMILES string of the molecule is O=c1[nH]c(-n2cccn2)nc(-n2cccn2)c1Br. The summed E-state index contributed by atoms with van der Waals surface area (Å²) in [6, 6.07) is 3.50. The molecule has 3 rings (SSSR count). The van der Waals surface area contributed by atoms with Crippen LogP contribution in [0.15, 0.2) is 46.2 Å². The van der Waals surface area contributed by atoms with Gasteiger partial charge in [-0.25, -0.2) is 9.36 Å². The topological polar surface area (TPSA) is 81.4 Å². The summed E-state index contributed by atoms with van der Waals surface area (Å²) in [6.07, 6.45) is 6.62. The van der Waals surface area contributed by atoms with Gasteiger partial charge in [-0.2, -0.15) is 15.2 Å². The molecule has 1 N–H and O–H groups in total. The molecule has 3 heterocycles. The Bertz CT molecular complexity index is 715. The fourth-order valence-corrected chi connectivity index (χ4v) is 1.85. The highest BCUT2D eigenvalue weighted by molar-refractivity contribution is 9.10. The Hall–Kier alpha value is -2.22. The molecule has 3 aromatic rings. The summed E-state index contributed by atoms with van der Waals surface area (Å²) in [5, 5.41) is 8.07. The Balaban J connectivity index is 2.24. The van der Waals surface area contributed by atoms with E-state index in [0.29, 0.717) is 16.2 Å². The molecule has 0 aliphatic rings. The van der Waals surface area contributed by atoms with Crippen molar-refractivity contribution in [3.8, 4) is 11.8 Å². The third-order valence-electron chi connectivity index (χ3n) is 2.28. The van der Waals surface area contributed by atoms with Crippen LogP contribution in [0.3, 0.4) is 0 Å². The first-order valence-corrected chi connectivity index (χ1v) is 5.85. The minimum absolute atomic E-state index is 0.291. The summed E-state index contributed by atoms with van der Waals surface area (Å²) < 4.78 is 3.30. The predicted octanol–water partition coefficient (Wildman–Crippen LogP) is 0.904. The molecule has 0 saturated heterocycles. The first-order valence-electron chi connectivity index (χ1n) is 5.05. The molecule has 7 nitrogen and oxygen atoms in total. The van der Waals surface area contributed by atoms with Crippen LogP contribution in [0.4, 0.5) is 0 Å². The van der Waals surface area contributed by atoms with E-state index < -0.39 is 0 Å². The van der Waals surface area contributed by atoms with Crippen molar-refractivity contribution in [2.75, 3.05) is 0 Å². The lowest BCUT2D eigenvalue weighted by Gasteiger charge is -2.06. The maximum atomic E-state index is 11.8. The van der Waals surface area contributed by atoms with E-state index in [0.717, 1.165) is 0 Å². The lowest BCUT2D eigenvalue weighted by molar-refractivity contribution is 0.763. The van der Waals surface area contributed by atoms with Crippen molar-refractivity contribution in [1.29, 1.82) is 0 Å². The van der Waals surface area contributed by atoms with Crippen molar-refractivity contribution in [3.63, 3.8) is 0 Å². The maximum absolute atomic E-state index is 11.8. The summed E-state index contributed by atoms with van der Waals surface area (Å²) in [4.78, 5) is 18.8. The summed E-state index contributed by atoms with van der Waals surface area (Å²) in [5.41, 5.74) is -0.291. The van der Waals surface area contributed by atoms with Crippen LogP contribution in [0.1, 0.15) is 0 Å². The van der Waals surface area contributed by atoms with Gasteiger partial charge in [0.2, 0.25) is 5.95 Å². The van der Waals surface area contributed by atoms with E-state index in [1.165, 1.54) is 9.36 Å². The summed E-state index contributed by atoms with van der Waals surface area (Å²) >= 11 is 3.20. The van der Waals surface area contributed by atoms with Crippen LogP contribution in [0, 0.1) is 0 Å². The van der Waals surface area contributed by atoms with Crippen molar-refractivity contribution < 1.29 is 0 Å². The smallest absolute Gasteiger partial charge is 0.268 e. The number of hydrogen-bond acceptors (Lipinski definition) is 4. The van der Waals surface area contributed by atoms with Crippen LogP contribution in [-0.4, -0.2) is 29.5 Å². The molecule has 0 unspecified atom stereocenters.